The Hall–Kier alpha value is -1.02. The van der Waals surface area contributed by atoms with E-state index in [-0.39, 0.29) is 24.0 Å². The molecule has 0 unspecified atom stereocenters. The lowest BCUT2D eigenvalue weighted by Crippen LogP contribution is -2.38. The van der Waals surface area contributed by atoms with Crippen molar-refractivity contribution in [1.82, 2.24) is 10.2 Å². The maximum absolute atomic E-state index is 5.56. The summed E-state index contributed by atoms with van der Waals surface area (Å²) in [5.74, 6) is 1.78. The number of nitrogens with zero attached hydrogens (tertiary/aromatic N) is 2. The number of methoxy groups -OCH3 is 1. The zero-order valence-corrected chi connectivity index (χ0v) is 17.7. The molecule has 0 saturated heterocycles. The van der Waals surface area contributed by atoms with Gasteiger partial charge in [-0.2, -0.15) is 0 Å². The fourth-order valence-corrected chi connectivity index (χ4v) is 2.11. The topological polar surface area (TPSA) is 46.1 Å². The molecule has 6 heteroatoms. The predicted octanol–water partition coefficient (Wildman–Crippen LogP) is 3.53. The minimum absolute atomic E-state index is 0. The Morgan fingerprint density at radius 3 is 2.46 bits per heavy atom. The first kappa shape index (κ1) is 23.0. The van der Waals surface area contributed by atoms with Crippen molar-refractivity contribution < 1.29 is 9.47 Å². The first-order valence-corrected chi connectivity index (χ1v) is 8.41. The van der Waals surface area contributed by atoms with Crippen LogP contribution in [0.15, 0.2) is 29.3 Å². The van der Waals surface area contributed by atoms with Gasteiger partial charge in [-0.1, -0.05) is 25.5 Å². The minimum atomic E-state index is 0. The van der Waals surface area contributed by atoms with E-state index >= 15 is 0 Å². The molecule has 0 amide bonds. The third-order valence-corrected chi connectivity index (χ3v) is 3.41. The van der Waals surface area contributed by atoms with Gasteiger partial charge in [-0.15, -0.1) is 24.0 Å². The van der Waals surface area contributed by atoms with Crippen LogP contribution in [0.3, 0.4) is 0 Å². The van der Waals surface area contributed by atoms with Gasteiger partial charge in [-0.3, -0.25) is 4.99 Å². The molecule has 1 N–H and O–H groups in total. The van der Waals surface area contributed by atoms with Gasteiger partial charge in [-0.05, 0) is 31.0 Å². The first-order chi connectivity index (χ1) is 11.2. The molecule has 0 aliphatic rings. The summed E-state index contributed by atoms with van der Waals surface area (Å²) in [4.78, 5) is 6.75. The van der Waals surface area contributed by atoms with Gasteiger partial charge >= 0.3 is 0 Å². The molecule has 0 aromatic heterocycles. The van der Waals surface area contributed by atoms with Gasteiger partial charge in [0, 0.05) is 26.7 Å². The Kier molecular flexibility index (Phi) is 13.7. The molecule has 0 saturated carbocycles. The van der Waals surface area contributed by atoms with E-state index in [1.807, 2.05) is 19.2 Å². The van der Waals surface area contributed by atoms with Crippen molar-refractivity contribution in [2.45, 2.75) is 33.2 Å². The van der Waals surface area contributed by atoms with E-state index in [2.05, 4.69) is 41.2 Å². The molecule has 1 aromatic carbocycles. The van der Waals surface area contributed by atoms with E-state index in [0.29, 0.717) is 13.2 Å². The number of nitrogens with one attached hydrogen (secondary N) is 1. The number of hydrogen-bond acceptors (Lipinski definition) is 3. The van der Waals surface area contributed by atoms with E-state index in [4.69, 9.17) is 9.47 Å². The zero-order chi connectivity index (χ0) is 16.9. The summed E-state index contributed by atoms with van der Waals surface area (Å²) in [5, 5.41) is 3.32. The van der Waals surface area contributed by atoms with Crippen molar-refractivity contribution in [3.63, 3.8) is 0 Å². The lowest BCUT2D eigenvalue weighted by atomic mass is 10.2. The fraction of sp³-hybridized carbons (Fsp3) is 0.611. The molecule has 0 heterocycles. The Morgan fingerprint density at radius 1 is 1.17 bits per heavy atom. The quantitative estimate of drug-likeness (QED) is 0.257. The van der Waals surface area contributed by atoms with Crippen LogP contribution in [-0.4, -0.2) is 51.3 Å². The van der Waals surface area contributed by atoms with Crippen molar-refractivity contribution in [3.05, 3.63) is 29.8 Å². The maximum Gasteiger partial charge on any atom is 0.194 e. The van der Waals surface area contributed by atoms with Crippen LogP contribution in [0.1, 0.15) is 32.3 Å². The number of ether oxygens (including phenoxy) is 2. The van der Waals surface area contributed by atoms with Gasteiger partial charge in [0.1, 0.15) is 5.75 Å². The lowest BCUT2D eigenvalue weighted by Gasteiger charge is -2.22. The number of halogens is 1. The van der Waals surface area contributed by atoms with Crippen molar-refractivity contribution in [2.24, 2.45) is 4.99 Å². The number of hydrogen-bond donors (Lipinski definition) is 1. The number of unbranched alkanes of at least 4 members (excludes halogenated alkanes) is 1. The Labute approximate surface area is 163 Å². The van der Waals surface area contributed by atoms with Crippen molar-refractivity contribution in [1.29, 1.82) is 0 Å². The summed E-state index contributed by atoms with van der Waals surface area (Å²) < 4.78 is 10.7. The van der Waals surface area contributed by atoms with Gasteiger partial charge in [0.2, 0.25) is 0 Å². The summed E-state index contributed by atoms with van der Waals surface area (Å²) in [7, 11) is 3.73. The predicted molar refractivity (Wildman–Crippen MR) is 112 cm³/mol. The number of aliphatic imine (C=N–C) groups is 1. The minimum Gasteiger partial charge on any atom is -0.497 e. The van der Waals surface area contributed by atoms with Crippen LogP contribution >= 0.6 is 24.0 Å². The zero-order valence-electron chi connectivity index (χ0n) is 15.4. The van der Waals surface area contributed by atoms with Crippen LogP contribution in [0.5, 0.6) is 5.75 Å². The van der Waals surface area contributed by atoms with Gasteiger partial charge in [0.25, 0.3) is 0 Å². The summed E-state index contributed by atoms with van der Waals surface area (Å²) in [6.07, 6.45) is 2.28. The molecule has 0 radical (unpaired) electrons. The number of benzene rings is 1. The molecule has 0 aliphatic heterocycles. The summed E-state index contributed by atoms with van der Waals surface area (Å²) >= 11 is 0. The van der Waals surface area contributed by atoms with Gasteiger partial charge < -0.3 is 19.7 Å². The molecule has 5 nitrogen and oxygen atoms in total. The van der Waals surface area contributed by atoms with Crippen molar-refractivity contribution >= 4 is 29.9 Å². The van der Waals surface area contributed by atoms with Crippen LogP contribution in [0.25, 0.3) is 0 Å². The van der Waals surface area contributed by atoms with Crippen molar-refractivity contribution in [2.75, 3.05) is 40.5 Å². The van der Waals surface area contributed by atoms with E-state index < -0.39 is 0 Å². The molecule has 0 bridgehead atoms. The molecule has 24 heavy (non-hydrogen) atoms. The Morgan fingerprint density at radius 2 is 1.88 bits per heavy atom. The molecular weight excluding hydrogens is 417 g/mol. The third-order valence-electron chi connectivity index (χ3n) is 3.41. The summed E-state index contributed by atoms with van der Waals surface area (Å²) in [6, 6.07) is 8.11. The highest BCUT2D eigenvalue weighted by atomic mass is 127. The fourth-order valence-electron chi connectivity index (χ4n) is 2.11. The standard InChI is InChI=1S/C18H31N3O2.HI/c1-5-7-13-23-14-12-20-18(19-6-2)21(3)15-16-8-10-17(22-4)11-9-16;/h8-11H,5-7,12-15H2,1-4H3,(H,19,20);1H. The highest BCUT2D eigenvalue weighted by molar-refractivity contribution is 14.0. The van der Waals surface area contributed by atoms with Crippen molar-refractivity contribution in [3.8, 4) is 5.75 Å². The Bertz CT molecular complexity index is 452. The molecule has 1 aromatic rings. The van der Waals surface area contributed by atoms with Crippen LogP contribution in [0.4, 0.5) is 0 Å². The van der Waals surface area contributed by atoms with E-state index in [0.717, 1.165) is 44.2 Å². The third kappa shape index (κ3) is 9.32. The lowest BCUT2D eigenvalue weighted by molar-refractivity contribution is 0.138. The van der Waals surface area contributed by atoms with Gasteiger partial charge in [0.05, 0.1) is 20.3 Å². The summed E-state index contributed by atoms with van der Waals surface area (Å²) in [5.41, 5.74) is 1.22. The molecule has 0 aliphatic carbocycles. The highest BCUT2D eigenvalue weighted by Crippen LogP contribution is 2.12. The normalized spacial score (nSPS) is 10.9. The van der Waals surface area contributed by atoms with Crippen LogP contribution in [0, 0.1) is 0 Å². The molecule has 0 fully saturated rings. The molecule has 0 atom stereocenters. The monoisotopic (exact) mass is 449 g/mol. The second-order valence-electron chi connectivity index (χ2n) is 5.41. The van der Waals surface area contributed by atoms with E-state index in [9.17, 15) is 0 Å². The van der Waals surface area contributed by atoms with E-state index in [1.54, 1.807) is 7.11 Å². The van der Waals surface area contributed by atoms with Gasteiger partial charge in [0.15, 0.2) is 5.96 Å². The number of guanidine groups is 1. The van der Waals surface area contributed by atoms with E-state index in [1.165, 1.54) is 5.56 Å². The average molecular weight is 449 g/mol. The molecule has 0 spiro atoms. The average Bonchev–Trinajstić information content (AvgIpc) is 2.57. The maximum atomic E-state index is 5.56. The largest absolute Gasteiger partial charge is 0.497 e. The molecular formula is C18H32IN3O2. The number of rotatable bonds is 10. The Balaban J connectivity index is 0.00000529. The highest BCUT2D eigenvalue weighted by Gasteiger charge is 2.06. The van der Waals surface area contributed by atoms with Crippen LogP contribution in [0.2, 0.25) is 0 Å². The second kappa shape index (κ2) is 14.3. The van der Waals surface area contributed by atoms with Crippen LogP contribution < -0.4 is 10.1 Å². The summed E-state index contributed by atoms with van der Waals surface area (Å²) in [6.45, 7) is 8.07. The SMILES string of the molecule is CCCCOCCN=C(NCC)N(C)Cc1ccc(OC)cc1.I. The smallest absolute Gasteiger partial charge is 0.194 e. The van der Waals surface area contributed by atoms with Crippen LogP contribution in [-0.2, 0) is 11.3 Å². The molecule has 138 valence electrons. The first-order valence-electron chi connectivity index (χ1n) is 8.41. The van der Waals surface area contributed by atoms with Gasteiger partial charge in [-0.25, -0.2) is 0 Å². The second-order valence-corrected chi connectivity index (χ2v) is 5.41. The molecule has 1 rings (SSSR count).